The zero-order chi connectivity index (χ0) is 15.9. The third-order valence-corrected chi connectivity index (χ3v) is 2.72. The summed E-state index contributed by atoms with van der Waals surface area (Å²) in [6, 6.07) is 7.21. The fraction of sp³-hybridized carbons (Fsp3) is 0.500. The second-order valence-corrected chi connectivity index (χ2v) is 4.53. The summed E-state index contributed by atoms with van der Waals surface area (Å²) in [6.07, 6.45) is -4.42. The number of hydrogen-bond donors (Lipinski definition) is 2. The first-order valence-corrected chi connectivity index (χ1v) is 6.61. The molecule has 1 amide bonds. The Morgan fingerprint density at radius 1 is 1.38 bits per heavy atom. The lowest BCUT2D eigenvalue weighted by Gasteiger charge is -2.14. The van der Waals surface area contributed by atoms with Gasteiger partial charge in [-0.3, -0.25) is 4.79 Å². The maximum Gasteiger partial charge on any atom is 0.405 e. The number of hydrogen-bond acceptors (Lipinski definition) is 3. The highest BCUT2D eigenvalue weighted by Crippen LogP contribution is 2.19. The predicted octanol–water partition coefficient (Wildman–Crippen LogP) is 2.41. The Morgan fingerprint density at radius 2 is 2.10 bits per heavy atom. The van der Waals surface area contributed by atoms with Crippen molar-refractivity contribution in [2.75, 3.05) is 19.7 Å². The standard InChI is InChI=1S/C14H19F3N2O2/c1-3-18-10(2)11-5-4-6-12(7-11)21-8-13(20)19-9-14(15,16)17/h4-7,10,18H,3,8-9H2,1-2H3,(H,19,20). The molecule has 1 aromatic carbocycles. The van der Waals surface area contributed by atoms with Crippen molar-refractivity contribution in [1.29, 1.82) is 0 Å². The lowest BCUT2D eigenvalue weighted by molar-refractivity contribution is -0.139. The minimum atomic E-state index is -4.42. The predicted molar refractivity (Wildman–Crippen MR) is 73.1 cm³/mol. The topological polar surface area (TPSA) is 50.4 Å². The highest BCUT2D eigenvalue weighted by Gasteiger charge is 2.27. The second kappa shape index (κ2) is 7.87. The molecule has 2 N–H and O–H groups in total. The maximum atomic E-state index is 11.9. The summed E-state index contributed by atoms with van der Waals surface area (Å²) in [4.78, 5) is 11.2. The minimum Gasteiger partial charge on any atom is -0.484 e. The third-order valence-electron chi connectivity index (χ3n) is 2.72. The van der Waals surface area contributed by atoms with Gasteiger partial charge in [0, 0.05) is 6.04 Å². The molecule has 0 radical (unpaired) electrons. The number of benzene rings is 1. The molecule has 0 aliphatic heterocycles. The van der Waals surface area contributed by atoms with Crippen LogP contribution in [0.4, 0.5) is 13.2 Å². The summed E-state index contributed by atoms with van der Waals surface area (Å²) in [5.74, 6) is -0.364. The molecule has 1 rings (SSSR count). The molecular weight excluding hydrogens is 285 g/mol. The second-order valence-electron chi connectivity index (χ2n) is 4.53. The van der Waals surface area contributed by atoms with E-state index in [-0.39, 0.29) is 6.04 Å². The van der Waals surface area contributed by atoms with E-state index in [1.165, 1.54) is 0 Å². The van der Waals surface area contributed by atoms with Crippen LogP contribution in [0, 0.1) is 0 Å². The van der Waals surface area contributed by atoms with Crippen LogP contribution < -0.4 is 15.4 Å². The molecule has 7 heteroatoms. The molecule has 1 atom stereocenters. The van der Waals surface area contributed by atoms with Gasteiger partial charge in [0.1, 0.15) is 12.3 Å². The van der Waals surface area contributed by atoms with Gasteiger partial charge in [-0.25, -0.2) is 0 Å². The molecule has 1 aromatic rings. The van der Waals surface area contributed by atoms with Gasteiger partial charge in [-0.05, 0) is 31.2 Å². The van der Waals surface area contributed by atoms with Crippen LogP contribution in [0.1, 0.15) is 25.5 Å². The zero-order valence-corrected chi connectivity index (χ0v) is 12.0. The number of ether oxygens (including phenoxy) is 1. The van der Waals surface area contributed by atoms with E-state index < -0.39 is 25.2 Å². The van der Waals surface area contributed by atoms with Crippen LogP contribution in [0.2, 0.25) is 0 Å². The molecule has 1 unspecified atom stereocenters. The summed E-state index contributed by atoms with van der Waals surface area (Å²) in [6.45, 7) is 2.98. The molecule has 4 nitrogen and oxygen atoms in total. The van der Waals surface area contributed by atoms with Gasteiger partial charge in [-0.2, -0.15) is 13.2 Å². The van der Waals surface area contributed by atoms with Gasteiger partial charge in [0.15, 0.2) is 6.61 Å². The molecule has 0 heterocycles. The molecule has 0 saturated heterocycles. The Morgan fingerprint density at radius 3 is 2.71 bits per heavy atom. The van der Waals surface area contributed by atoms with Gasteiger partial charge in [0.25, 0.3) is 5.91 Å². The van der Waals surface area contributed by atoms with Gasteiger partial charge in [0.05, 0.1) is 0 Å². The summed E-state index contributed by atoms with van der Waals surface area (Å²) in [5, 5.41) is 4.98. The SMILES string of the molecule is CCNC(C)c1cccc(OCC(=O)NCC(F)(F)F)c1. The Balaban J connectivity index is 2.48. The van der Waals surface area contributed by atoms with E-state index in [0.29, 0.717) is 5.75 Å². The van der Waals surface area contributed by atoms with E-state index in [2.05, 4.69) is 5.32 Å². The molecule has 0 aromatic heterocycles. The quantitative estimate of drug-likeness (QED) is 0.813. The number of alkyl halides is 3. The Labute approximate surface area is 121 Å². The first kappa shape index (κ1) is 17.3. The lowest BCUT2D eigenvalue weighted by Crippen LogP contribution is -2.36. The molecule has 118 valence electrons. The van der Waals surface area contributed by atoms with E-state index >= 15 is 0 Å². The summed E-state index contributed by atoms with van der Waals surface area (Å²) < 4.78 is 41.0. The van der Waals surface area contributed by atoms with E-state index in [1.54, 1.807) is 23.5 Å². The van der Waals surface area contributed by atoms with Crippen molar-refractivity contribution in [2.45, 2.75) is 26.1 Å². The van der Waals surface area contributed by atoms with E-state index in [9.17, 15) is 18.0 Å². The maximum absolute atomic E-state index is 11.9. The minimum absolute atomic E-state index is 0.123. The van der Waals surface area contributed by atoms with Gasteiger partial charge in [0.2, 0.25) is 0 Å². The molecule has 0 fully saturated rings. The number of halogens is 3. The van der Waals surface area contributed by atoms with Crippen LogP contribution in [0.25, 0.3) is 0 Å². The van der Waals surface area contributed by atoms with E-state index in [0.717, 1.165) is 12.1 Å². The molecule has 0 aliphatic rings. The normalized spacial score (nSPS) is 12.8. The van der Waals surface area contributed by atoms with Crippen molar-refractivity contribution >= 4 is 5.91 Å². The average Bonchev–Trinajstić information content (AvgIpc) is 2.43. The lowest BCUT2D eigenvalue weighted by atomic mass is 10.1. The molecule has 0 spiro atoms. The average molecular weight is 304 g/mol. The molecule has 21 heavy (non-hydrogen) atoms. The van der Waals surface area contributed by atoms with Gasteiger partial charge in [-0.15, -0.1) is 0 Å². The first-order chi connectivity index (χ1) is 9.81. The smallest absolute Gasteiger partial charge is 0.405 e. The van der Waals surface area contributed by atoms with Crippen molar-refractivity contribution in [3.63, 3.8) is 0 Å². The van der Waals surface area contributed by atoms with E-state index in [1.807, 2.05) is 19.9 Å². The van der Waals surface area contributed by atoms with Crippen molar-refractivity contribution in [3.8, 4) is 5.75 Å². The fourth-order valence-electron chi connectivity index (χ4n) is 1.70. The highest BCUT2D eigenvalue weighted by molar-refractivity contribution is 5.77. The molecular formula is C14H19F3N2O2. The van der Waals surface area contributed by atoms with Crippen LogP contribution in [-0.4, -0.2) is 31.8 Å². The monoisotopic (exact) mass is 304 g/mol. The first-order valence-electron chi connectivity index (χ1n) is 6.61. The third kappa shape index (κ3) is 6.99. The van der Waals surface area contributed by atoms with Crippen LogP contribution >= 0.6 is 0 Å². The Bertz CT molecular complexity index is 464. The largest absolute Gasteiger partial charge is 0.484 e. The number of rotatable bonds is 7. The number of carbonyl (C=O) groups excluding carboxylic acids is 1. The van der Waals surface area contributed by atoms with Crippen molar-refractivity contribution in [2.24, 2.45) is 0 Å². The van der Waals surface area contributed by atoms with Gasteiger partial charge >= 0.3 is 6.18 Å². The van der Waals surface area contributed by atoms with Crippen molar-refractivity contribution in [1.82, 2.24) is 10.6 Å². The van der Waals surface area contributed by atoms with Crippen molar-refractivity contribution < 1.29 is 22.7 Å². The number of carbonyl (C=O) groups is 1. The Kier molecular flexibility index (Phi) is 6.48. The van der Waals surface area contributed by atoms with Gasteiger partial charge < -0.3 is 15.4 Å². The molecule has 0 aliphatic carbocycles. The van der Waals surface area contributed by atoms with Crippen LogP contribution in [0.5, 0.6) is 5.75 Å². The van der Waals surface area contributed by atoms with E-state index in [4.69, 9.17) is 4.74 Å². The number of nitrogens with one attached hydrogen (secondary N) is 2. The highest BCUT2D eigenvalue weighted by atomic mass is 19.4. The van der Waals surface area contributed by atoms with Crippen LogP contribution in [0.3, 0.4) is 0 Å². The summed E-state index contributed by atoms with van der Waals surface area (Å²) in [7, 11) is 0. The van der Waals surface area contributed by atoms with Gasteiger partial charge in [-0.1, -0.05) is 19.1 Å². The summed E-state index contributed by atoms with van der Waals surface area (Å²) >= 11 is 0. The van der Waals surface area contributed by atoms with Crippen molar-refractivity contribution in [3.05, 3.63) is 29.8 Å². The zero-order valence-electron chi connectivity index (χ0n) is 12.0. The molecule has 0 bridgehead atoms. The Hall–Kier alpha value is -1.76. The number of amides is 1. The van der Waals surface area contributed by atoms with Crippen LogP contribution in [-0.2, 0) is 4.79 Å². The summed E-state index contributed by atoms with van der Waals surface area (Å²) in [5.41, 5.74) is 0.977. The fourth-order valence-corrected chi connectivity index (χ4v) is 1.70. The van der Waals surface area contributed by atoms with Crippen LogP contribution in [0.15, 0.2) is 24.3 Å². The molecule has 0 saturated carbocycles.